The third-order valence-corrected chi connectivity index (χ3v) is 3.25. The second kappa shape index (κ2) is 6.12. The predicted octanol–water partition coefficient (Wildman–Crippen LogP) is 4.17. The molecule has 0 aliphatic rings. The van der Waals surface area contributed by atoms with Crippen molar-refractivity contribution in [3.05, 3.63) is 28.6 Å². The standard InChI is InChI=1S/C13H20ClN/c1-4-5-6-7-13-10(2)12(8-14)9-15-11(13)3/h9H,4-8H2,1-3H3. The van der Waals surface area contributed by atoms with E-state index in [4.69, 9.17) is 11.6 Å². The Morgan fingerprint density at radius 1 is 1.27 bits per heavy atom. The summed E-state index contributed by atoms with van der Waals surface area (Å²) < 4.78 is 0. The van der Waals surface area contributed by atoms with Gasteiger partial charge in [0.15, 0.2) is 0 Å². The first-order chi connectivity index (χ1) is 7.20. The number of aryl methyl sites for hydroxylation is 1. The predicted molar refractivity (Wildman–Crippen MR) is 66.5 cm³/mol. The van der Waals surface area contributed by atoms with Gasteiger partial charge in [-0.15, -0.1) is 11.6 Å². The molecule has 0 fully saturated rings. The Morgan fingerprint density at radius 2 is 2.00 bits per heavy atom. The maximum atomic E-state index is 5.88. The number of aromatic nitrogens is 1. The molecule has 0 bridgehead atoms. The molecule has 15 heavy (non-hydrogen) atoms. The molecule has 0 saturated heterocycles. The number of nitrogens with zero attached hydrogens (tertiary/aromatic N) is 1. The first-order valence-corrected chi connectivity index (χ1v) is 6.24. The Morgan fingerprint density at radius 3 is 2.60 bits per heavy atom. The third kappa shape index (κ3) is 3.20. The summed E-state index contributed by atoms with van der Waals surface area (Å²) in [6.07, 6.45) is 6.86. The van der Waals surface area contributed by atoms with Crippen molar-refractivity contribution in [1.29, 1.82) is 0 Å². The lowest BCUT2D eigenvalue weighted by molar-refractivity contribution is 0.710. The summed E-state index contributed by atoms with van der Waals surface area (Å²) in [5.74, 6) is 0.569. The van der Waals surface area contributed by atoms with Gasteiger partial charge in [-0.2, -0.15) is 0 Å². The molecule has 0 N–H and O–H groups in total. The van der Waals surface area contributed by atoms with E-state index in [1.165, 1.54) is 36.0 Å². The van der Waals surface area contributed by atoms with Crippen LogP contribution in [0.2, 0.25) is 0 Å². The van der Waals surface area contributed by atoms with E-state index in [2.05, 4.69) is 25.8 Å². The fraction of sp³-hybridized carbons (Fsp3) is 0.615. The van der Waals surface area contributed by atoms with Crippen molar-refractivity contribution in [2.45, 2.75) is 52.3 Å². The van der Waals surface area contributed by atoms with Crippen LogP contribution >= 0.6 is 11.6 Å². The number of halogens is 1. The van der Waals surface area contributed by atoms with Gasteiger partial charge in [-0.3, -0.25) is 4.98 Å². The van der Waals surface area contributed by atoms with Crippen molar-refractivity contribution in [3.8, 4) is 0 Å². The number of rotatable bonds is 5. The van der Waals surface area contributed by atoms with Crippen molar-refractivity contribution < 1.29 is 0 Å². The fourth-order valence-corrected chi connectivity index (χ4v) is 2.14. The minimum absolute atomic E-state index is 0.569. The van der Waals surface area contributed by atoms with Crippen molar-refractivity contribution in [1.82, 2.24) is 4.98 Å². The van der Waals surface area contributed by atoms with Gasteiger partial charge in [0.1, 0.15) is 0 Å². The van der Waals surface area contributed by atoms with Gasteiger partial charge in [0.2, 0.25) is 0 Å². The quantitative estimate of drug-likeness (QED) is 0.542. The smallest absolute Gasteiger partial charge is 0.0492 e. The molecular formula is C13H20ClN. The summed E-state index contributed by atoms with van der Waals surface area (Å²) in [4.78, 5) is 4.41. The van der Waals surface area contributed by atoms with E-state index in [1.807, 2.05) is 6.20 Å². The van der Waals surface area contributed by atoms with E-state index < -0.39 is 0 Å². The second-order valence-corrected chi connectivity index (χ2v) is 4.33. The topological polar surface area (TPSA) is 12.9 Å². The molecule has 0 unspecified atom stereocenters. The van der Waals surface area contributed by atoms with E-state index in [9.17, 15) is 0 Å². The Labute approximate surface area is 97.9 Å². The molecule has 0 saturated carbocycles. The average Bonchev–Trinajstić information content (AvgIpc) is 2.23. The van der Waals surface area contributed by atoms with E-state index in [1.54, 1.807) is 0 Å². The molecule has 0 aliphatic heterocycles. The number of hydrogen-bond acceptors (Lipinski definition) is 1. The zero-order valence-corrected chi connectivity index (χ0v) is 10.7. The molecule has 0 aliphatic carbocycles. The fourth-order valence-electron chi connectivity index (χ4n) is 1.87. The van der Waals surface area contributed by atoms with Crippen LogP contribution in [0.3, 0.4) is 0 Å². The van der Waals surface area contributed by atoms with Gasteiger partial charge in [0.05, 0.1) is 0 Å². The van der Waals surface area contributed by atoms with Crippen molar-refractivity contribution >= 4 is 11.6 Å². The Kier molecular flexibility index (Phi) is 5.10. The van der Waals surface area contributed by atoms with E-state index in [0.717, 1.165) is 12.1 Å². The largest absolute Gasteiger partial charge is 0.261 e. The molecule has 0 aromatic carbocycles. The third-order valence-electron chi connectivity index (χ3n) is 2.96. The lowest BCUT2D eigenvalue weighted by atomic mass is 9.98. The highest BCUT2D eigenvalue weighted by molar-refractivity contribution is 6.17. The highest BCUT2D eigenvalue weighted by Crippen LogP contribution is 2.19. The van der Waals surface area contributed by atoms with Crippen molar-refractivity contribution in [2.24, 2.45) is 0 Å². The van der Waals surface area contributed by atoms with Crippen LogP contribution in [0, 0.1) is 13.8 Å². The number of alkyl halides is 1. The summed E-state index contributed by atoms with van der Waals surface area (Å²) in [5.41, 5.74) is 5.08. The van der Waals surface area contributed by atoms with Crippen LogP contribution in [0.4, 0.5) is 0 Å². The number of pyridine rings is 1. The zero-order valence-electron chi connectivity index (χ0n) is 9.94. The lowest BCUT2D eigenvalue weighted by Crippen LogP contribution is -2.00. The summed E-state index contributed by atoms with van der Waals surface area (Å²) in [7, 11) is 0. The first kappa shape index (κ1) is 12.5. The van der Waals surface area contributed by atoms with Crippen LogP contribution in [-0.2, 0) is 12.3 Å². The van der Waals surface area contributed by atoms with Crippen LogP contribution in [0.25, 0.3) is 0 Å². The minimum atomic E-state index is 0.569. The maximum Gasteiger partial charge on any atom is 0.0492 e. The lowest BCUT2D eigenvalue weighted by Gasteiger charge is -2.11. The maximum absolute atomic E-state index is 5.88. The van der Waals surface area contributed by atoms with Gasteiger partial charge in [0.25, 0.3) is 0 Å². The molecular weight excluding hydrogens is 206 g/mol. The van der Waals surface area contributed by atoms with Gasteiger partial charge in [-0.05, 0) is 43.4 Å². The zero-order chi connectivity index (χ0) is 11.3. The van der Waals surface area contributed by atoms with E-state index in [-0.39, 0.29) is 0 Å². The highest BCUT2D eigenvalue weighted by atomic mass is 35.5. The van der Waals surface area contributed by atoms with Gasteiger partial charge >= 0.3 is 0 Å². The van der Waals surface area contributed by atoms with Crippen molar-refractivity contribution in [2.75, 3.05) is 0 Å². The van der Waals surface area contributed by atoms with Gasteiger partial charge in [-0.1, -0.05) is 19.8 Å². The molecule has 1 aromatic heterocycles. The van der Waals surface area contributed by atoms with Gasteiger partial charge in [0, 0.05) is 17.8 Å². The highest BCUT2D eigenvalue weighted by Gasteiger charge is 2.07. The number of hydrogen-bond donors (Lipinski definition) is 0. The summed E-state index contributed by atoms with van der Waals surface area (Å²) >= 11 is 5.88. The first-order valence-electron chi connectivity index (χ1n) is 5.70. The van der Waals surface area contributed by atoms with Crippen LogP contribution in [0.15, 0.2) is 6.20 Å². The number of unbranched alkanes of at least 4 members (excludes halogenated alkanes) is 2. The van der Waals surface area contributed by atoms with E-state index in [0.29, 0.717) is 5.88 Å². The second-order valence-electron chi connectivity index (χ2n) is 4.06. The molecule has 0 amide bonds. The molecule has 2 heteroatoms. The van der Waals surface area contributed by atoms with Gasteiger partial charge in [-0.25, -0.2) is 0 Å². The van der Waals surface area contributed by atoms with Crippen molar-refractivity contribution in [3.63, 3.8) is 0 Å². The monoisotopic (exact) mass is 225 g/mol. The van der Waals surface area contributed by atoms with E-state index >= 15 is 0 Å². The molecule has 1 nitrogen and oxygen atoms in total. The molecule has 0 atom stereocenters. The molecule has 84 valence electrons. The summed E-state index contributed by atoms with van der Waals surface area (Å²) in [6.45, 7) is 6.48. The Balaban J connectivity index is 2.84. The summed E-state index contributed by atoms with van der Waals surface area (Å²) in [6, 6.07) is 0. The normalized spacial score (nSPS) is 10.7. The average molecular weight is 226 g/mol. The van der Waals surface area contributed by atoms with Crippen LogP contribution in [0.1, 0.15) is 48.6 Å². The minimum Gasteiger partial charge on any atom is -0.261 e. The molecule has 0 spiro atoms. The molecule has 0 radical (unpaired) electrons. The Bertz CT molecular complexity index is 321. The van der Waals surface area contributed by atoms with Crippen LogP contribution < -0.4 is 0 Å². The van der Waals surface area contributed by atoms with Gasteiger partial charge < -0.3 is 0 Å². The molecule has 1 aromatic rings. The molecule has 1 rings (SSSR count). The SMILES string of the molecule is CCCCCc1c(C)ncc(CCl)c1C. The van der Waals surface area contributed by atoms with Crippen LogP contribution in [0.5, 0.6) is 0 Å². The molecule has 1 heterocycles. The van der Waals surface area contributed by atoms with Crippen LogP contribution in [-0.4, -0.2) is 4.98 Å². The Hall–Kier alpha value is -0.560. The summed E-state index contributed by atoms with van der Waals surface area (Å²) in [5, 5.41) is 0.